The Morgan fingerprint density at radius 3 is 2.79 bits per heavy atom. The number of aliphatic hydroxyl groups is 1. The van der Waals surface area contributed by atoms with Crippen molar-refractivity contribution in [3.05, 3.63) is 23.4 Å². The Morgan fingerprint density at radius 1 is 1.53 bits per heavy atom. The number of allylic oxidation sites excluding steroid dienone is 2. The number of hydrazone groups is 1. The van der Waals surface area contributed by atoms with Crippen molar-refractivity contribution < 1.29 is 14.7 Å². The Morgan fingerprint density at radius 2 is 2.21 bits per heavy atom. The minimum atomic E-state index is -0.848. The zero-order valence-electron chi connectivity index (χ0n) is 10.7. The molecule has 1 saturated heterocycles. The topological polar surface area (TPSA) is 117 Å². The van der Waals surface area contributed by atoms with Gasteiger partial charge in [0, 0.05) is 17.3 Å². The number of urea groups is 1. The third-order valence-electron chi connectivity index (χ3n) is 3.12. The molecule has 0 aromatic carbocycles. The highest BCUT2D eigenvalue weighted by Crippen LogP contribution is 2.29. The number of carbonyl (C=O) groups is 2. The molecule has 0 aromatic rings. The van der Waals surface area contributed by atoms with Crippen molar-refractivity contribution in [1.29, 1.82) is 0 Å². The molecule has 1 fully saturated rings. The number of aliphatic hydroxyl groups excluding tert-OH is 1. The van der Waals surface area contributed by atoms with E-state index in [1.165, 1.54) is 12.2 Å². The molecule has 2 atom stereocenters. The minimum Gasteiger partial charge on any atom is -0.386 e. The zero-order valence-corrected chi connectivity index (χ0v) is 10.7. The second kappa shape index (κ2) is 4.85. The van der Waals surface area contributed by atoms with Crippen molar-refractivity contribution in [3.63, 3.8) is 0 Å². The van der Waals surface area contributed by atoms with Crippen molar-refractivity contribution in [2.24, 2.45) is 16.8 Å². The molecule has 7 nitrogen and oxygen atoms in total. The van der Waals surface area contributed by atoms with Crippen LogP contribution >= 0.6 is 0 Å². The van der Waals surface area contributed by atoms with Crippen molar-refractivity contribution >= 4 is 17.5 Å². The summed E-state index contributed by atoms with van der Waals surface area (Å²) >= 11 is 0. The molecule has 5 N–H and O–H groups in total. The van der Waals surface area contributed by atoms with Gasteiger partial charge in [-0.1, -0.05) is 13.8 Å². The molecular weight excluding hydrogens is 248 g/mol. The quantitative estimate of drug-likeness (QED) is 0.393. The maximum Gasteiger partial charge on any atom is 0.332 e. The molecule has 7 heteroatoms. The molecule has 102 valence electrons. The van der Waals surface area contributed by atoms with E-state index in [-0.39, 0.29) is 23.5 Å². The largest absolute Gasteiger partial charge is 0.386 e. The summed E-state index contributed by atoms with van der Waals surface area (Å²) in [6.07, 6.45) is 2.12. The molecule has 2 aliphatic rings. The van der Waals surface area contributed by atoms with E-state index >= 15 is 0 Å². The van der Waals surface area contributed by atoms with Gasteiger partial charge in [0.05, 0.1) is 6.04 Å². The van der Waals surface area contributed by atoms with Crippen LogP contribution in [0.4, 0.5) is 4.79 Å². The molecule has 1 heterocycles. The van der Waals surface area contributed by atoms with E-state index in [4.69, 9.17) is 5.73 Å². The number of carbonyl (C=O) groups excluding carboxylic acids is 2. The number of hydrogen-bond donors (Lipinski definition) is 4. The average Bonchev–Trinajstić information content (AvgIpc) is 2.63. The second-order valence-corrected chi connectivity index (χ2v) is 4.85. The van der Waals surface area contributed by atoms with Crippen LogP contribution < -0.4 is 16.5 Å². The molecule has 19 heavy (non-hydrogen) atoms. The highest BCUT2D eigenvalue weighted by Gasteiger charge is 2.37. The lowest BCUT2D eigenvalue weighted by molar-refractivity contribution is -0.108. The van der Waals surface area contributed by atoms with Gasteiger partial charge in [0.1, 0.15) is 11.8 Å². The summed E-state index contributed by atoms with van der Waals surface area (Å²) in [5, 5.41) is 16.9. The highest BCUT2D eigenvalue weighted by molar-refractivity contribution is 6.49. The number of nitrogens with two attached hydrogens (primary N) is 1. The maximum atomic E-state index is 11.8. The first-order valence-corrected chi connectivity index (χ1v) is 5.96. The van der Waals surface area contributed by atoms with Crippen LogP contribution in [-0.4, -0.2) is 34.8 Å². The Hall–Kier alpha value is -2.15. The number of amides is 2. The molecule has 0 saturated carbocycles. The Labute approximate surface area is 110 Å². The van der Waals surface area contributed by atoms with Crippen molar-refractivity contribution in [2.75, 3.05) is 0 Å². The van der Waals surface area contributed by atoms with Gasteiger partial charge in [-0.25, -0.2) is 10.2 Å². The van der Waals surface area contributed by atoms with Gasteiger partial charge in [0.2, 0.25) is 5.78 Å². The normalized spacial score (nSPS) is 27.8. The van der Waals surface area contributed by atoms with E-state index in [1.807, 2.05) is 19.3 Å². The van der Waals surface area contributed by atoms with Crippen LogP contribution in [0.2, 0.25) is 0 Å². The zero-order chi connectivity index (χ0) is 14.2. The van der Waals surface area contributed by atoms with E-state index in [1.54, 1.807) is 0 Å². The summed E-state index contributed by atoms with van der Waals surface area (Å²) in [7, 11) is 0. The lowest BCUT2D eigenvalue weighted by Gasteiger charge is -2.18. The molecule has 1 aliphatic heterocycles. The van der Waals surface area contributed by atoms with E-state index in [0.29, 0.717) is 11.3 Å². The van der Waals surface area contributed by atoms with E-state index in [9.17, 15) is 14.7 Å². The predicted molar refractivity (Wildman–Crippen MR) is 69.1 cm³/mol. The summed E-state index contributed by atoms with van der Waals surface area (Å²) in [6.45, 7) is 3.95. The van der Waals surface area contributed by atoms with Gasteiger partial charge in [0.25, 0.3) is 0 Å². The smallest absolute Gasteiger partial charge is 0.332 e. The van der Waals surface area contributed by atoms with Crippen LogP contribution in [0.1, 0.15) is 13.8 Å². The Bertz CT molecular complexity index is 519. The number of ketones is 1. The number of nitrogens with one attached hydrogen (secondary N) is 2. The van der Waals surface area contributed by atoms with E-state index in [0.717, 1.165) is 0 Å². The number of hydrogen-bond acceptors (Lipinski definition) is 5. The molecule has 0 aromatic heterocycles. The SMILES string of the molecule is CC(C)C1NC2=CC(=O)C(=NNC(N)=O)C=C2C1O. The van der Waals surface area contributed by atoms with Gasteiger partial charge in [-0.3, -0.25) is 4.79 Å². The summed E-state index contributed by atoms with van der Waals surface area (Å²) < 4.78 is 0. The summed E-state index contributed by atoms with van der Waals surface area (Å²) in [6, 6.07) is -0.993. The highest BCUT2D eigenvalue weighted by atomic mass is 16.3. The monoisotopic (exact) mass is 264 g/mol. The van der Waals surface area contributed by atoms with E-state index in [2.05, 4.69) is 10.4 Å². The molecular formula is C12H16N4O3. The van der Waals surface area contributed by atoms with Crippen LogP contribution in [0.25, 0.3) is 0 Å². The van der Waals surface area contributed by atoms with Gasteiger partial charge in [-0.2, -0.15) is 5.10 Å². The van der Waals surface area contributed by atoms with Gasteiger partial charge >= 0.3 is 6.03 Å². The Balaban J connectivity index is 2.29. The van der Waals surface area contributed by atoms with Gasteiger partial charge in [-0.15, -0.1) is 0 Å². The maximum absolute atomic E-state index is 11.8. The fraction of sp³-hybridized carbons (Fsp3) is 0.417. The lowest BCUT2D eigenvalue weighted by Crippen LogP contribution is -2.35. The Kier molecular flexibility index (Phi) is 3.39. The standard InChI is InChI=1S/C12H16N4O3/c1-5(2)10-11(18)6-3-8(15-16-12(13)19)9(17)4-7(6)14-10/h3-5,10-11,14,18H,1-2H3,(H3,13,16,19). The lowest BCUT2D eigenvalue weighted by atomic mass is 9.94. The van der Waals surface area contributed by atoms with Crippen molar-refractivity contribution in [3.8, 4) is 0 Å². The fourth-order valence-corrected chi connectivity index (χ4v) is 2.14. The number of fused-ring (bicyclic) bond motifs is 1. The van der Waals surface area contributed by atoms with E-state index < -0.39 is 12.1 Å². The number of primary amides is 1. The van der Waals surface area contributed by atoms with Crippen LogP contribution in [0.15, 0.2) is 28.5 Å². The average molecular weight is 264 g/mol. The minimum absolute atomic E-state index is 0.0443. The van der Waals surface area contributed by atoms with Crippen LogP contribution in [0, 0.1) is 5.92 Å². The molecule has 2 rings (SSSR count). The molecule has 0 bridgehead atoms. The third kappa shape index (κ3) is 2.50. The number of nitrogens with zero attached hydrogens (tertiary/aromatic N) is 1. The van der Waals surface area contributed by atoms with Crippen LogP contribution in [0.5, 0.6) is 0 Å². The summed E-state index contributed by atoms with van der Waals surface area (Å²) in [5.41, 5.74) is 8.14. The van der Waals surface area contributed by atoms with Crippen molar-refractivity contribution in [1.82, 2.24) is 10.7 Å². The van der Waals surface area contributed by atoms with Gasteiger partial charge < -0.3 is 16.2 Å². The molecule has 2 unspecified atom stereocenters. The third-order valence-corrected chi connectivity index (χ3v) is 3.12. The van der Waals surface area contributed by atoms with Crippen LogP contribution in [0.3, 0.4) is 0 Å². The molecule has 0 radical (unpaired) electrons. The van der Waals surface area contributed by atoms with Gasteiger partial charge in [-0.05, 0) is 12.0 Å². The van der Waals surface area contributed by atoms with Gasteiger partial charge in [0.15, 0.2) is 0 Å². The summed E-state index contributed by atoms with van der Waals surface area (Å²) in [5.74, 6) is -0.141. The first kappa shape index (κ1) is 13.3. The fourth-order valence-electron chi connectivity index (χ4n) is 2.14. The number of rotatable bonds is 2. The first-order chi connectivity index (χ1) is 8.90. The molecule has 0 spiro atoms. The predicted octanol–water partition coefficient (Wildman–Crippen LogP) is -0.608. The first-order valence-electron chi connectivity index (χ1n) is 5.96. The van der Waals surface area contributed by atoms with Crippen LogP contribution in [-0.2, 0) is 4.79 Å². The molecule has 2 amide bonds. The summed E-state index contributed by atoms with van der Waals surface area (Å²) in [4.78, 5) is 22.3. The molecule has 1 aliphatic carbocycles. The van der Waals surface area contributed by atoms with Crippen molar-refractivity contribution in [2.45, 2.75) is 26.0 Å². The second-order valence-electron chi connectivity index (χ2n) is 4.85.